The molecule has 1 aliphatic heterocycles. The Bertz CT molecular complexity index is 1110. The monoisotopic (exact) mass is 419 g/mol. The lowest BCUT2D eigenvalue weighted by molar-refractivity contribution is 0.166. The van der Waals surface area contributed by atoms with Crippen LogP contribution in [-0.4, -0.2) is 41.2 Å². The number of halogens is 1. The number of benzene rings is 1. The highest BCUT2D eigenvalue weighted by molar-refractivity contribution is 5.75. The Morgan fingerprint density at radius 3 is 2.90 bits per heavy atom. The van der Waals surface area contributed by atoms with E-state index < -0.39 is 0 Å². The summed E-state index contributed by atoms with van der Waals surface area (Å²) in [5, 5.41) is 18.8. The van der Waals surface area contributed by atoms with Crippen molar-refractivity contribution >= 4 is 17.5 Å². The third-order valence-electron chi connectivity index (χ3n) is 4.92. The summed E-state index contributed by atoms with van der Waals surface area (Å²) in [5.74, 6) is 0.980. The molecule has 1 saturated heterocycles. The van der Waals surface area contributed by atoms with Gasteiger partial charge in [0.15, 0.2) is 11.4 Å². The Hall–Kier alpha value is -3.77. The van der Waals surface area contributed by atoms with Gasteiger partial charge in [0.1, 0.15) is 23.8 Å². The second kappa shape index (κ2) is 9.36. The van der Waals surface area contributed by atoms with Crippen LogP contribution < -0.4 is 20.7 Å². The fourth-order valence-corrected chi connectivity index (χ4v) is 3.42. The van der Waals surface area contributed by atoms with Crippen LogP contribution in [0.5, 0.6) is 5.75 Å². The quantitative estimate of drug-likeness (QED) is 0.558. The van der Waals surface area contributed by atoms with E-state index in [4.69, 9.17) is 4.74 Å². The molecule has 1 atom stereocenters. The fraction of sp³-hybridized carbons (Fsp3) is 0.273. The summed E-state index contributed by atoms with van der Waals surface area (Å²) in [6.07, 6.45) is 5.10. The molecule has 0 bridgehead atoms. The molecule has 1 aliphatic rings. The molecule has 0 saturated carbocycles. The van der Waals surface area contributed by atoms with Gasteiger partial charge in [-0.1, -0.05) is 12.1 Å². The van der Waals surface area contributed by atoms with Crippen molar-refractivity contribution < 1.29 is 9.13 Å². The highest BCUT2D eigenvalue weighted by Gasteiger charge is 2.18. The maximum atomic E-state index is 13.6. The van der Waals surface area contributed by atoms with Gasteiger partial charge in [-0.25, -0.2) is 14.4 Å². The first-order chi connectivity index (χ1) is 15.2. The normalized spacial score (nSPS) is 15.7. The Morgan fingerprint density at radius 1 is 1.26 bits per heavy atom. The molecule has 4 rings (SSSR count). The molecule has 2 aromatic heterocycles. The standard InChI is InChI=1S/C22H22FN7O/c1-25-21-18(14-4-2-5-15(23)8-14)13-28-22(30-21)29-16-9-20(19(10-24)27-11-16)31-17-6-3-7-26-12-17/h2,4-5,8-9,11,13,17,26H,3,6-7,12H2,1H3,(H2,25,28,29,30). The molecule has 31 heavy (non-hydrogen) atoms. The van der Waals surface area contributed by atoms with Crippen molar-refractivity contribution in [3.8, 4) is 22.9 Å². The summed E-state index contributed by atoms with van der Waals surface area (Å²) in [7, 11) is 1.74. The lowest BCUT2D eigenvalue weighted by atomic mass is 10.1. The van der Waals surface area contributed by atoms with E-state index in [1.54, 1.807) is 31.4 Å². The van der Waals surface area contributed by atoms with Gasteiger partial charge in [0.2, 0.25) is 5.95 Å². The first kappa shape index (κ1) is 20.5. The highest BCUT2D eigenvalue weighted by Crippen LogP contribution is 2.29. The van der Waals surface area contributed by atoms with Gasteiger partial charge in [0.05, 0.1) is 11.9 Å². The maximum absolute atomic E-state index is 13.6. The van der Waals surface area contributed by atoms with E-state index in [-0.39, 0.29) is 17.6 Å². The second-order valence-electron chi connectivity index (χ2n) is 7.11. The molecule has 3 N–H and O–H groups in total. The molecule has 158 valence electrons. The van der Waals surface area contributed by atoms with Gasteiger partial charge in [0, 0.05) is 31.4 Å². The van der Waals surface area contributed by atoms with E-state index in [0.717, 1.165) is 25.9 Å². The van der Waals surface area contributed by atoms with E-state index in [2.05, 4.69) is 37.0 Å². The Labute approximate surface area is 179 Å². The van der Waals surface area contributed by atoms with E-state index in [1.807, 2.05) is 0 Å². The molecular weight excluding hydrogens is 397 g/mol. The van der Waals surface area contributed by atoms with Crippen molar-refractivity contribution in [2.45, 2.75) is 18.9 Å². The van der Waals surface area contributed by atoms with Crippen molar-refractivity contribution in [1.82, 2.24) is 20.3 Å². The van der Waals surface area contributed by atoms with Crippen LogP contribution in [0, 0.1) is 17.1 Å². The minimum atomic E-state index is -0.328. The van der Waals surface area contributed by atoms with Crippen LogP contribution in [0.3, 0.4) is 0 Å². The largest absolute Gasteiger partial charge is 0.486 e. The van der Waals surface area contributed by atoms with E-state index >= 15 is 0 Å². The van der Waals surface area contributed by atoms with Gasteiger partial charge >= 0.3 is 0 Å². The van der Waals surface area contributed by atoms with Gasteiger partial charge in [-0.15, -0.1) is 0 Å². The van der Waals surface area contributed by atoms with Crippen molar-refractivity contribution in [3.63, 3.8) is 0 Å². The van der Waals surface area contributed by atoms with Crippen molar-refractivity contribution in [3.05, 3.63) is 54.2 Å². The molecule has 0 spiro atoms. The number of nitriles is 1. The average Bonchev–Trinajstić information content (AvgIpc) is 2.80. The zero-order chi connectivity index (χ0) is 21.6. The van der Waals surface area contributed by atoms with Gasteiger partial charge in [-0.05, 0) is 37.1 Å². The Kier molecular flexibility index (Phi) is 6.19. The van der Waals surface area contributed by atoms with E-state index in [1.165, 1.54) is 18.3 Å². The molecule has 1 unspecified atom stereocenters. The van der Waals surface area contributed by atoms with Gasteiger partial charge in [-0.3, -0.25) is 0 Å². The molecule has 1 fully saturated rings. The molecule has 0 aliphatic carbocycles. The third-order valence-corrected chi connectivity index (χ3v) is 4.92. The van der Waals surface area contributed by atoms with Crippen LogP contribution in [0.25, 0.3) is 11.1 Å². The molecule has 3 heterocycles. The predicted molar refractivity (Wildman–Crippen MR) is 116 cm³/mol. The number of hydrogen-bond acceptors (Lipinski definition) is 8. The van der Waals surface area contributed by atoms with Crippen molar-refractivity contribution in [2.75, 3.05) is 30.8 Å². The summed E-state index contributed by atoms with van der Waals surface area (Å²) in [6, 6.07) is 10.1. The average molecular weight is 419 g/mol. The van der Waals surface area contributed by atoms with Crippen LogP contribution in [0.15, 0.2) is 42.7 Å². The van der Waals surface area contributed by atoms with Crippen LogP contribution in [0.1, 0.15) is 18.5 Å². The summed E-state index contributed by atoms with van der Waals surface area (Å²) in [5.41, 5.74) is 2.18. The number of nitrogens with one attached hydrogen (secondary N) is 3. The smallest absolute Gasteiger partial charge is 0.229 e. The van der Waals surface area contributed by atoms with E-state index in [9.17, 15) is 9.65 Å². The zero-order valence-corrected chi connectivity index (χ0v) is 17.0. The molecule has 1 aromatic carbocycles. The first-order valence-electron chi connectivity index (χ1n) is 10.0. The van der Waals surface area contributed by atoms with Crippen molar-refractivity contribution in [2.24, 2.45) is 0 Å². The SMILES string of the molecule is CNc1nc(Nc2cnc(C#N)c(OC3CCCNC3)c2)ncc1-c1cccc(F)c1. The molecule has 3 aromatic rings. The topological polar surface area (TPSA) is 108 Å². The number of hydrogen-bond donors (Lipinski definition) is 3. The summed E-state index contributed by atoms with van der Waals surface area (Å²) in [4.78, 5) is 13.0. The highest BCUT2D eigenvalue weighted by atomic mass is 19.1. The summed E-state index contributed by atoms with van der Waals surface area (Å²) >= 11 is 0. The van der Waals surface area contributed by atoms with Crippen LogP contribution >= 0.6 is 0 Å². The van der Waals surface area contributed by atoms with Crippen molar-refractivity contribution in [1.29, 1.82) is 5.26 Å². The molecule has 9 heteroatoms. The number of ether oxygens (including phenoxy) is 1. The fourth-order valence-electron chi connectivity index (χ4n) is 3.42. The van der Waals surface area contributed by atoms with Gasteiger partial charge in [-0.2, -0.15) is 10.2 Å². The number of aromatic nitrogens is 3. The van der Waals surface area contributed by atoms with Gasteiger partial charge < -0.3 is 20.7 Å². The Morgan fingerprint density at radius 2 is 2.16 bits per heavy atom. The van der Waals surface area contributed by atoms with Crippen LogP contribution in [0.4, 0.5) is 21.8 Å². The Balaban J connectivity index is 1.57. The molecule has 8 nitrogen and oxygen atoms in total. The number of pyridine rings is 1. The minimum Gasteiger partial charge on any atom is -0.486 e. The lowest BCUT2D eigenvalue weighted by Crippen LogP contribution is -2.37. The summed E-state index contributed by atoms with van der Waals surface area (Å²) < 4.78 is 19.6. The minimum absolute atomic E-state index is 0.00408. The van der Waals surface area contributed by atoms with E-state index in [0.29, 0.717) is 34.3 Å². The zero-order valence-electron chi connectivity index (χ0n) is 17.0. The number of rotatable bonds is 6. The first-order valence-corrected chi connectivity index (χ1v) is 10.0. The maximum Gasteiger partial charge on any atom is 0.229 e. The molecular formula is C22H22FN7O. The number of piperidine rings is 1. The predicted octanol–water partition coefficient (Wildman–Crippen LogP) is 3.47. The molecule has 0 amide bonds. The van der Waals surface area contributed by atoms with Crippen LogP contribution in [0.2, 0.25) is 0 Å². The lowest BCUT2D eigenvalue weighted by Gasteiger charge is -2.24. The molecule has 0 radical (unpaired) electrons. The second-order valence-corrected chi connectivity index (χ2v) is 7.11. The van der Waals surface area contributed by atoms with Crippen LogP contribution in [-0.2, 0) is 0 Å². The number of anilines is 3. The number of nitrogens with zero attached hydrogens (tertiary/aromatic N) is 4. The van der Waals surface area contributed by atoms with Gasteiger partial charge in [0.25, 0.3) is 0 Å². The third kappa shape index (κ3) is 4.87. The summed E-state index contributed by atoms with van der Waals surface area (Å²) in [6.45, 7) is 1.71.